The first-order valence-electron chi connectivity index (χ1n) is 9.71. The van der Waals surface area contributed by atoms with Crippen molar-refractivity contribution in [2.75, 3.05) is 13.1 Å². The molecule has 4 rings (SSSR count). The Kier molecular flexibility index (Phi) is 6.02. The molecule has 1 fully saturated rings. The topological polar surface area (TPSA) is 42.4 Å². The molecule has 2 heterocycles. The fourth-order valence-corrected chi connectivity index (χ4v) is 4.20. The molecule has 0 atom stereocenters. The van der Waals surface area contributed by atoms with Crippen LogP contribution in [-0.2, 0) is 13.0 Å². The van der Waals surface area contributed by atoms with Gasteiger partial charge in [-0.15, -0.1) is 11.3 Å². The van der Waals surface area contributed by atoms with Crippen LogP contribution >= 0.6 is 11.3 Å². The number of hydrogen-bond donors (Lipinski definition) is 0. The largest absolute Gasteiger partial charge is 0.487 e. The highest BCUT2D eigenvalue weighted by atomic mass is 32.1. The van der Waals surface area contributed by atoms with Crippen molar-refractivity contribution in [3.8, 4) is 5.75 Å². The molecule has 1 amide bonds. The lowest BCUT2D eigenvalue weighted by Crippen LogP contribution is -2.38. The Morgan fingerprint density at radius 1 is 1.11 bits per heavy atom. The van der Waals surface area contributed by atoms with Crippen molar-refractivity contribution >= 4 is 17.2 Å². The summed E-state index contributed by atoms with van der Waals surface area (Å²) in [6.45, 7) is 2.06. The van der Waals surface area contributed by atoms with Crippen LogP contribution in [-0.4, -0.2) is 28.9 Å². The molecule has 1 saturated heterocycles. The third-order valence-corrected chi connectivity index (χ3v) is 5.86. The van der Waals surface area contributed by atoms with E-state index in [4.69, 9.17) is 4.74 Å². The predicted molar refractivity (Wildman–Crippen MR) is 112 cm³/mol. The summed E-state index contributed by atoms with van der Waals surface area (Å²) in [6.07, 6.45) is 3.21. The summed E-state index contributed by atoms with van der Waals surface area (Å²) in [5.41, 5.74) is 4.77. The van der Waals surface area contributed by atoms with E-state index >= 15 is 0 Å². The van der Waals surface area contributed by atoms with E-state index in [-0.39, 0.29) is 5.91 Å². The molecular weight excluding hydrogens is 368 g/mol. The van der Waals surface area contributed by atoms with Crippen LogP contribution in [0.2, 0.25) is 0 Å². The maximum atomic E-state index is 12.9. The number of rotatable bonds is 6. The van der Waals surface area contributed by atoms with E-state index in [9.17, 15) is 4.79 Å². The molecule has 1 aliphatic heterocycles. The average molecular weight is 393 g/mol. The van der Waals surface area contributed by atoms with Gasteiger partial charge in [0.2, 0.25) is 0 Å². The minimum absolute atomic E-state index is 0.0947. The van der Waals surface area contributed by atoms with Gasteiger partial charge in [0.15, 0.2) is 0 Å². The summed E-state index contributed by atoms with van der Waals surface area (Å²) in [7, 11) is 0. The highest BCUT2D eigenvalue weighted by Crippen LogP contribution is 2.24. The van der Waals surface area contributed by atoms with Crippen LogP contribution in [0.25, 0.3) is 0 Å². The highest BCUT2D eigenvalue weighted by Gasteiger charge is 2.24. The molecule has 1 aromatic heterocycles. The van der Waals surface area contributed by atoms with Crippen LogP contribution < -0.4 is 4.74 Å². The Bertz CT molecular complexity index is 888. The van der Waals surface area contributed by atoms with Crippen molar-refractivity contribution in [2.45, 2.75) is 25.9 Å². The number of ether oxygens (including phenoxy) is 1. The number of piperidine rings is 1. The zero-order chi connectivity index (χ0) is 19.2. The molecule has 3 aromatic rings. The second kappa shape index (κ2) is 9.02. The van der Waals surface area contributed by atoms with E-state index in [1.165, 1.54) is 5.56 Å². The summed E-state index contributed by atoms with van der Waals surface area (Å²) in [5, 5.41) is 1.97. The van der Waals surface area contributed by atoms with Crippen LogP contribution in [0.5, 0.6) is 5.75 Å². The molecular formula is C23H24N2O2S. The van der Waals surface area contributed by atoms with E-state index in [1.54, 1.807) is 16.8 Å². The average Bonchev–Trinajstić information content (AvgIpc) is 3.27. The molecule has 2 aromatic carbocycles. The molecule has 4 nitrogen and oxygen atoms in total. The summed E-state index contributed by atoms with van der Waals surface area (Å²) in [4.78, 5) is 19.1. The smallest absolute Gasteiger partial charge is 0.253 e. The second-order valence-electron chi connectivity index (χ2n) is 7.22. The van der Waals surface area contributed by atoms with Crippen molar-refractivity contribution in [1.29, 1.82) is 0 Å². The van der Waals surface area contributed by atoms with Gasteiger partial charge in [-0.1, -0.05) is 36.4 Å². The van der Waals surface area contributed by atoms with Gasteiger partial charge < -0.3 is 9.64 Å². The summed E-state index contributed by atoms with van der Waals surface area (Å²) < 4.78 is 5.79. The van der Waals surface area contributed by atoms with Gasteiger partial charge in [0.05, 0.1) is 11.2 Å². The monoisotopic (exact) mass is 392 g/mol. The fourth-order valence-electron chi connectivity index (χ4n) is 3.66. The second-order valence-corrected chi connectivity index (χ2v) is 7.94. The lowest BCUT2D eigenvalue weighted by atomic mass is 9.90. The lowest BCUT2D eigenvalue weighted by Gasteiger charge is -2.32. The molecule has 0 N–H and O–H groups in total. The van der Waals surface area contributed by atoms with Gasteiger partial charge in [-0.3, -0.25) is 4.79 Å². The minimum Gasteiger partial charge on any atom is -0.487 e. The number of carbonyl (C=O) groups excluding carboxylic acids is 1. The minimum atomic E-state index is 0.0947. The maximum absolute atomic E-state index is 12.9. The summed E-state index contributed by atoms with van der Waals surface area (Å²) in [6, 6.07) is 18.1. The molecule has 5 heteroatoms. The van der Waals surface area contributed by atoms with Crippen LogP contribution in [0.15, 0.2) is 65.5 Å². The van der Waals surface area contributed by atoms with Gasteiger partial charge in [0.25, 0.3) is 5.91 Å². The van der Waals surface area contributed by atoms with Crippen molar-refractivity contribution in [3.63, 3.8) is 0 Å². The Balaban J connectivity index is 1.31. The SMILES string of the molecule is O=C(c1cccc(OCc2cscn2)c1)N1CCC(Cc2ccccc2)CC1. The number of amides is 1. The number of nitrogens with zero attached hydrogens (tertiary/aromatic N) is 2. The van der Waals surface area contributed by atoms with Crippen molar-refractivity contribution in [3.05, 3.63) is 82.3 Å². The van der Waals surface area contributed by atoms with Crippen molar-refractivity contribution < 1.29 is 9.53 Å². The van der Waals surface area contributed by atoms with Crippen LogP contribution in [0.4, 0.5) is 0 Å². The fraction of sp³-hybridized carbons (Fsp3) is 0.304. The van der Waals surface area contributed by atoms with Crippen LogP contribution in [0.1, 0.15) is 34.5 Å². The summed E-state index contributed by atoms with van der Waals surface area (Å²) in [5.74, 6) is 1.45. The van der Waals surface area contributed by atoms with Gasteiger partial charge in [0.1, 0.15) is 12.4 Å². The van der Waals surface area contributed by atoms with E-state index in [0.29, 0.717) is 23.8 Å². The van der Waals surface area contributed by atoms with Crippen molar-refractivity contribution in [1.82, 2.24) is 9.88 Å². The first-order valence-corrected chi connectivity index (χ1v) is 10.7. The van der Waals surface area contributed by atoms with Gasteiger partial charge in [-0.2, -0.15) is 0 Å². The molecule has 144 valence electrons. The maximum Gasteiger partial charge on any atom is 0.253 e. The highest BCUT2D eigenvalue weighted by molar-refractivity contribution is 7.07. The molecule has 0 bridgehead atoms. The first kappa shape index (κ1) is 18.7. The number of hydrogen-bond acceptors (Lipinski definition) is 4. The summed E-state index contributed by atoms with van der Waals surface area (Å²) >= 11 is 1.55. The molecule has 0 aliphatic carbocycles. The normalized spacial score (nSPS) is 14.8. The number of aromatic nitrogens is 1. The molecule has 0 unspecified atom stereocenters. The zero-order valence-corrected chi connectivity index (χ0v) is 16.6. The van der Waals surface area contributed by atoms with E-state index < -0.39 is 0 Å². The number of thiazole rings is 1. The Hall–Kier alpha value is -2.66. The molecule has 1 aliphatic rings. The van der Waals surface area contributed by atoms with E-state index in [0.717, 1.165) is 38.0 Å². The van der Waals surface area contributed by atoms with Gasteiger partial charge in [-0.25, -0.2) is 4.98 Å². The third kappa shape index (κ3) is 4.78. The van der Waals surface area contributed by atoms with E-state index in [1.807, 2.05) is 34.5 Å². The van der Waals surface area contributed by atoms with Gasteiger partial charge >= 0.3 is 0 Å². The molecule has 0 saturated carbocycles. The Morgan fingerprint density at radius 3 is 2.68 bits per heavy atom. The number of benzene rings is 2. The number of likely N-dealkylation sites (tertiary alicyclic amines) is 1. The Labute approximate surface area is 169 Å². The van der Waals surface area contributed by atoms with Crippen molar-refractivity contribution in [2.24, 2.45) is 5.92 Å². The predicted octanol–water partition coefficient (Wildman–Crippen LogP) is 4.82. The first-order chi connectivity index (χ1) is 13.8. The van der Waals surface area contributed by atoms with Crippen LogP contribution in [0, 0.1) is 5.92 Å². The molecule has 0 spiro atoms. The lowest BCUT2D eigenvalue weighted by molar-refractivity contribution is 0.0690. The quantitative estimate of drug-likeness (QED) is 0.604. The molecule has 28 heavy (non-hydrogen) atoms. The Morgan fingerprint density at radius 2 is 1.93 bits per heavy atom. The van der Waals surface area contributed by atoms with Gasteiger partial charge in [0, 0.05) is 24.0 Å². The van der Waals surface area contributed by atoms with Crippen LogP contribution in [0.3, 0.4) is 0 Å². The standard InChI is InChI=1S/C23H24N2O2S/c26-23(20-7-4-8-22(14-20)27-15-21-16-28-17-24-21)25-11-9-19(10-12-25)13-18-5-2-1-3-6-18/h1-8,14,16-17,19H,9-13,15H2. The van der Waals surface area contributed by atoms with E-state index in [2.05, 4.69) is 35.3 Å². The third-order valence-electron chi connectivity index (χ3n) is 5.22. The van der Waals surface area contributed by atoms with Gasteiger partial charge in [-0.05, 0) is 48.9 Å². The number of carbonyl (C=O) groups is 1. The zero-order valence-electron chi connectivity index (χ0n) is 15.8. The molecule has 0 radical (unpaired) electrons.